The maximum Gasteiger partial charge on any atom is 0.282 e. The van der Waals surface area contributed by atoms with Gasteiger partial charge < -0.3 is 10.6 Å². The zero-order valence-corrected chi connectivity index (χ0v) is 11.4. The maximum absolute atomic E-state index is 11.8. The van der Waals surface area contributed by atoms with Gasteiger partial charge in [-0.1, -0.05) is 17.4 Å². The van der Waals surface area contributed by atoms with Crippen molar-refractivity contribution in [1.29, 1.82) is 0 Å². The SMILES string of the molecule is CCNc1nnc(C(=O)NCCc2cccnc2)s1. The van der Waals surface area contributed by atoms with E-state index >= 15 is 0 Å². The molecule has 0 saturated carbocycles. The molecule has 19 heavy (non-hydrogen) atoms. The maximum atomic E-state index is 11.8. The summed E-state index contributed by atoms with van der Waals surface area (Å²) in [5.41, 5.74) is 1.09. The first-order chi connectivity index (χ1) is 9.29. The number of amides is 1. The summed E-state index contributed by atoms with van der Waals surface area (Å²) in [6.07, 6.45) is 4.27. The van der Waals surface area contributed by atoms with Crippen molar-refractivity contribution in [2.75, 3.05) is 18.4 Å². The third-order valence-corrected chi connectivity index (χ3v) is 3.25. The Balaban J connectivity index is 1.80. The molecule has 0 radical (unpaired) electrons. The van der Waals surface area contributed by atoms with E-state index in [1.54, 1.807) is 12.4 Å². The number of hydrogen-bond donors (Lipinski definition) is 2. The number of nitrogens with zero attached hydrogens (tertiary/aromatic N) is 3. The second-order valence-electron chi connectivity index (χ2n) is 3.81. The van der Waals surface area contributed by atoms with E-state index in [-0.39, 0.29) is 5.91 Å². The summed E-state index contributed by atoms with van der Waals surface area (Å²) in [7, 11) is 0. The molecule has 0 fully saturated rings. The molecule has 6 nitrogen and oxygen atoms in total. The van der Waals surface area contributed by atoms with Crippen LogP contribution in [0.4, 0.5) is 5.13 Å². The highest BCUT2D eigenvalue weighted by atomic mass is 32.1. The molecule has 2 rings (SSSR count). The minimum atomic E-state index is -0.189. The van der Waals surface area contributed by atoms with Crippen molar-refractivity contribution in [3.63, 3.8) is 0 Å². The normalized spacial score (nSPS) is 10.2. The third-order valence-electron chi connectivity index (χ3n) is 2.37. The molecular weight excluding hydrogens is 262 g/mol. The highest BCUT2D eigenvalue weighted by molar-refractivity contribution is 7.17. The minimum Gasteiger partial charge on any atom is -0.360 e. The molecule has 0 aromatic carbocycles. The molecule has 0 aliphatic heterocycles. The van der Waals surface area contributed by atoms with Crippen LogP contribution in [-0.4, -0.2) is 34.2 Å². The number of rotatable bonds is 6. The van der Waals surface area contributed by atoms with Crippen LogP contribution in [-0.2, 0) is 6.42 Å². The van der Waals surface area contributed by atoms with E-state index in [0.717, 1.165) is 18.5 Å². The fourth-order valence-electron chi connectivity index (χ4n) is 1.48. The van der Waals surface area contributed by atoms with Gasteiger partial charge in [0.15, 0.2) is 0 Å². The predicted molar refractivity (Wildman–Crippen MR) is 74.3 cm³/mol. The molecular formula is C12H15N5OS. The van der Waals surface area contributed by atoms with E-state index < -0.39 is 0 Å². The molecule has 2 aromatic rings. The predicted octanol–water partition coefficient (Wildman–Crippen LogP) is 1.34. The Morgan fingerprint density at radius 2 is 2.32 bits per heavy atom. The molecule has 0 saturated heterocycles. The Bertz CT molecular complexity index is 528. The van der Waals surface area contributed by atoms with Gasteiger partial charge in [0.2, 0.25) is 10.1 Å². The van der Waals surface area contributed by atoms with Gasteiger partial charge in [-0.15, -0.1) is 10.2 Å². The molecule has 7 heteroatoms. The van der Waals surface area contributed by atoms with Crippen molar-refractivity contribution in [3.05, 3.63) is 35.1 Å². The van der Waals surface area contributed by atoms with Gasteiger partial charge >= 0.3 is 0 Å². The van der Waals surface area contributed by atoms with Gasteiger partial charge in [0.25, 0.3) is 5.91 Å². The third kappa shape index (κ3) is 3.99. The van der Waals surface area contributed by atoms with Crippen molar-refractivity contribution in [3.8, 4) is 0 Å². The summed E-state index contributed by atoms with van der Waals surface area (Å²) in [5.74, 6) is -0.189. The number of carbonyl (C=O) groups is 1. The lowest BCUT2D eigenvalue weighted by atomic mass is 10.2. The van der Waals surface area contributed by atoms with Crippen LogP contribution >= 0.6 is 11.3 Å². The number of pyridine rings is 1. The molecule has 0 spiro atoms. The van der Waals surface area contributed by atoms with Crippen LogP contribution in [0, 0.1) is 0 Å². The average molecular weight is 277 g/mol. The Kier molecular flexibility index (Phi) is 4.79. The zero-order valence-electron chi connectivity index (χ0n) is 10.6. The molecule has 1 amide bonds. The van der Waals surface area contributed by atoms with Crippen LogP contribution < -0.4 is 10.6 Å². The van der Waals surface area contributed by atoms with Gasteiger partial charge in [0.05, 0.1) is 0 Å². The standard InChI is InChI=1S/C12H15N5OS/c1-2-14-12-17-16-11(19-12)10(18)15-7-5-9-4-3-6-13-8-9/h3-4,6,8H,2,5,7H2,1H3,(H,14,17)(H,15,18). The average Bonchev–Trinajstić information content (AvgIpc) is 2.89. The molecule has 0 atom stereocenters. The number of carbonyl (C=O) groups excluding carboxylic acids is 1. The number of hydrogen-bond acceptors (Lipinski definition) is 6. The highest BCUT2D eigenvalue weighted by Gasteiger charge is 2.11. The van der Waals surface area contributed by atoms with Crippen molar-refractivity contribution in [1.82, 2.24) is 20.5 Å². The van der Waals surface area contributed by atoms with E-state index in [1.165, 1.54) is 11.3 Å². The topological polar surface area (TPSA) is 79.8 Å². The van der Waals surface area contributed by atoms with Gasteiger partial charge in [-0.25, -0.2) is 0 Å². The van der Waals surface area contributed by atoms with E-state index in [1.807, 2.05) is 19.1 Å². The molecule has 2 aromatic heterocycles. The molecule has 2 heterocycles. The largest absolute Gasteiger partial charge is 0.360 e. The summed E-state index contributed by atoms with van der Waals surface area (Å²) >= 11 is 1.25. The van der Waals surface area contributed by atoms with Gasteiger partial charge in [0, 0.05) is 25.5 Å². The van der Waals surface area contributed by atoms with Crippen molar-refractivity contribution in [2.45, 2.75) is 13.3 Å². The quantitative estimate of drug-likeness (QED) is 0.833. The fraction of sp³-hybridized carbons (Fsp3) is 0.333. The number of anilines is 1. The lowest BCUT2D eigenvalue weighted by Crippen LogP contribution is -2.25. The molecule has 0 aliphatic rings. The number of aromatic nitrogens is 3. The summed E-state index contributed by atoms with van der Waals surface area (Å²) in [6.45, 7) is 3.28. The van der Waals surface area contributed by atoms with Crippen LogP contribution in [0.5, 0.6) is 0 Å². The first-order valence-electron chi connectivity index (χ1n) is 6.04. The van der Waals surface area contributed by atoms with E-state index in [4.69, 9.17) is 0 Å². The van der Waals surface area contributed by atoms with Crippen LogP contribution in [0.3, 0.4) is 0 Å². The molecule has 0 bridgehead atoms. The first kappa shape index (κ1) is 13.4. The van der Waals surface area contributed by atoms with Crippen LogP contribution in [0.2, 0.25) is 0 Å². The first-order valence-corrected chi connectivity index (χ1v) is 6.85. The Hall–Kier alpha value is -2.02. The molecule has 100 valence electrons. The summed E-state index contributed by atoms with van der Waals surface area (Å²) in [4.78, 5) is 15.8. The fourth-order valence-corrected chi connectivity index (χ4v) is 2.21. The van der Waals surface area contributed by atoms with Gasteiger partial charge in [-0.05, 0) is 25.0 Å². The van der Waals surface area contributed by atoms with Crippen LogP contribution in [0.25, 0.3) is 0 Å². The Labute approximate surface area is 115 Å². The Morgan fingerprint density at radius 3 is 3.05 bits per heavy atom. The molecule has 0 unspecified atom stereocenters. The second-order valence-corrected chi connectivity index (χ2v) is 4.79. The minimum absolute atomic E-state index is 0.189. The lowest BCUT2D eigenvalue weighted by Gasteiger charge is -2.02. The van der Waals surface area contributed by atoms with E-state index in [0.29, 0.717) is 16.7 Å². The highest BCUT2D eigenvalue weighted by Crippen LogP contribution is 2.14. The van der Waals surface area contributed by atoms with E-state index in [2.05, 4.69) is 25.8 Å². The Morgan fingerprint density at radius 1 is 1.42 bits per heavy atom. The van der Waals surface area contributed by atoms with E-state index in [9.17, 15) is 4.79 Å². The lowest BCUT2D eigenvalue weighted by molar-refractivity contribution is 0.0953. The van der Waals surface area contributed by atoms with Crippen molar-refractivity contribution < 1.29 is 4.79 Å². The summed E-state index contributed by atoms with van der Waals surface area (Å²) < 4.78 is 0. The summed E-state index contributed by atoms with van der Waals surface area (Å²) in [6, 6.07) is 3.86. The van der Waals surface area contributed by atoms with Crippen LogP contribution in [0.1, 0.15) is 22.3 Å². The van der Waals surface area contributed by atoms with Crippen molar-refractivity contribution in [2.24, 2.45) is 0 Å². The molecule has 0 aliphatic carbocycles. The van der Waals surface area contributed by atoms with Gasteiger partial charge in [-0.2, -0.15) is 0 Å². The summed E-state index contributed by atoms with van der Waals surface area (Å²) in [5, 5.41) is 14.6. The number of nitrogens with one attached hydrogen (secondary N) is 2. The smallest absolute Gasteiger partial charge is 0.282 e. The van der Waals surface area contributed by atoms with Gasteiger partial charge in [0.1, 0.15) is 0 Å². The second kappa shape index (κ2) is 6.79. The zero-order chi connectivity index (χ0) is 13.5. The molecule has 2 N–H and O–H groups in total. The van der Waals surface area contributed by atoms with Crippen LogP contribution in [0.15, 0.2) is 24.5 Å². The van der Waals surface area contributed by atoms with Gasteiger partial charge in [-0.3, -0.25) is 9.78 Å². The van der Waals surface area contributed by atoms with Crippen molar-refractivity contribution >= 4 is 22.4 Å². The monoisotopic (exact) mass is 277 g/mol.